The van der Waals surface area contributed by atoms with E-state index >= 15 is 0 Å². The number of rotatable bonds is 3. The number of carbonyl (C=O) groups is 1. The Bertz CT molecular complexity index is 571. The van der Waals surface area contributed by atoms with Crippen molar-refractivity contribution in [1.82, 2.24) is 4.90 Å². The van der Waals surface area contributed by atoms with Crippen LogP contribution in [0.1, 0.15) is 44.2 Å². The summed E-state index contributed by atoms with van der Waals surface area (Å²) in [6.45, 7) is 5.46. The molecule has 1 aromatic rings. The molecule has 1 saturated heterocycles. The molecule has 0 saturated carbocycles. The van der Waals surface area contributed by atoms with E-state index in [1.165, 1.54) is 12.1 Å². The topological polar surface area (TPSA) is 46.3 Å². The number of likely N-dealkylation sites (tertiary alicyclic amines) is 1. The molecule has 1 aliphatic rings. The summed E-state index contributed by atoms with van der Waals surface area (Å²) in [7, 11) is 0. The second kappa shape index (κ2) is 6.10. The zero-order valence-corrected chi connectivity index (χ0v) is 13.3. The molecule has 0 atom stereocenters. The van der Waals surface area contributed by atoms with Gasteiger partial charge in [0.2, 0.25) is 5.91 Å². The van der Waals surface area contributed by atoms with Crippen LogP contribution in [0, 0.1) is 11.2 Å². The summed E-state index contributed by atoms with van der Waals surface area (Å²) in [6.07, 6.45) is 2.39. The molecule has 0 unspecified atom stereocenters. The molecule has 0 aliphatic carbocycles. The SMILES string of the molecule is CC1(C)CCC(=O)N(Cc2cc(F)cc(C(N)=S)c2)CC1. The summed E-state index contributed by atoms with van der Waals surface area (Å²) in [6, 6.07) is 4.51. The minimum absolute atomic E-state index is 0.127. The van der Waals surface area contributed by atoms with E-state index in [0.717, 1.165) is 18.4 Å². The summed E-state index contributed by atoms with van der Waals surface area (Å²) >= 11 is 4.89. The van der Waals surface area contributed by atoms with Gasteiger partial charge in [-0.2, -0.15) is 0 Å². The number of halogens is 1. The molecule has 2 N–H and O–H groups in total. The van der Waals surface area contributed by atoms with Crippen LogP contribution in [0.15, 0.2) is 18.2 Å². The highest BCUT2D eigenvalue weighted by atomic mass is 32.1. The minimum atomic E-state index is -0.377. The largest absolute Gasteiger partial charge is 0.389 e. The third kappa shape index (κ3) is 4.24. The Morgan fingerprint density at radius 3 is 2.76 bits per heavy atom. The quantitative estimate of drug-likeness (QED) is 0.873. The number of nitrogens with two attached hydrogens (primary N) is 1. The fourth-order valence-electron chi connectivity index (χ4n) is 2.56. The molecule has 1 aliphatic heterocycles. The highest BCUT2D eigenvalue weighted by Crippen LogP contribution is 2.30. The first-order valence-electron chi connectivity index (χ1n) is 7.14. The lowest BCUT2D eigenvalue weighted by Gasteiger charge is -2.23. The van der Waals surface area contributed by atoms with Crippen LogP contribution in [-0.4, -0.2) is 22.3 Å². The van der Waals surface area contributed by atoms with Crippen molar-refractivity contribution in [1.29, 1.82) is 0 Å². The fraction of sp³-hybridized carbons (Fsp3) is 0.500. The van der Waals surface area contributed by atoms with Crippen LogP contribution >= 0.6 is 12.2 Å². The number of thiocarbonyl (C=S) groups is 1. The maximum Gasteiger partial charge on any atom is 0.222 e. The highest BCUT2D eigenvalue weighted by molar-refractivity contribution is 7.80. The highest BCUT2D eigenvalue weighted by Gasteiger charge is 2.27. The standard InChI is InChI=1S/C16H21FN2OS/c1-16(2)4-3-14(20)19(6-5-16)10-11-7-12(15(18)21)9-13(17)8-11/h7-9H,3-6,10H2,1-2H3,(H2,18,21). The Morgan fingerprint density at radius 1 is 1.38 bits per heavy atom. The van der Waals surface area contributed by atoms with Gasteiger partial charge in [0, 0.05) is 25.1 Å². The lowest BCUT2D eigenvalue weighted by atomic mass is 9.85. The number of hydrogen-bond acceptors (Lipinski definition) is 2. The molecule has 5 heteroatoms. The Labute approximate surface area is 130 Å². The van der Waals surface area contributed by atoms with E-state index in [0.29, 0.717) is 25.1 Å². The van der Waals surface area contributed by atoms with Crippen LogP contribution in [0.2, 0.25) is 0 Å². The van der Waals surface area contributed by atoms with Gasteiger partial charge in [0.1, 0.15) is 10.8 Å². The van der Waals surface area contributed by atoms with Crippen molar-refractivity contribution in [3.63, 3.8) is 0 Å². The monoisotopic (exact) mass is 308 g/mol. The molecule has 21 heavy (non-hydrogen) atoms. The predicted octanol–water partition coefficient (Wildman–Crippen LogP) is 3.00. The zero-order chi connectivity index (χ0) is 15.6. The number of nitrogens with zero attached hydrogens (tertiary/aromatic N) is 1. The zero-order valence-electron chi connectivity index (χ0n) is 12.5. The first-order valence-corrected chi connectivity index (χ1v) is 7.55. The average Bonchev–Trinajstić information content (AvgIpc) is 2.51. The molecule has 2 rings (SSSR count). The Morgan fingerprint density at radius 2 is 2.10 bits per heavy atom. The molecule has 1 heterocycles. The van der Waals surface area contributed by atoms with E-state index in [4.69, 9.17) is 18.0 Å². The van der Waals surface area contributed by atoms with E-state index < -0.39 is 0 Å². The van der Waals surface area contributed by atoms with Crippen LogP contribution in [0.4, 0.5) is 4.39 Å². The third-order valence-corrected chi connectivity index (χ3v) is 4.28. The maximum absolute atomic E-state index is 13.6. The molecule has 0 bridgehead atoms. The summed E-state index contributed by atoms with van der Waals surface area (Å²) in [5.74, 6) is -0.250. The van der Waals surface area contributed by atoms with Crippen molar-refractivity contribution < 1.29 is 9.18 Å². The number of hydrogen-bond donors (Lipinski definition) is 1. The number of benzene rings is 1. The van der Waals surface area contributed by atoms with Crippen molar-refractivity contribution in [3.8, 4) is 0 Å². The van der Waals surface area contributed by atoms with Gasteiger partial charge in [-0.25, -0.2) is 4.39 Å². The first-order chi connectivity index (χ1) is 9.77. The summed E-state index contributed by atoms with van der Waals surface area (Å²) < 4.78 is 13.6. The molecule has 1 amide bonds. The van der Waals surface area contributed by atoms with E-state index in [-0.39, 0.29) is 22.1 Å². The molecule has 0 spiro atoms. The van der Waals surface area contributed by atoms with Crippen molar-refractivity contribution >= 4 is 23.1 Å². The van der Waals surface area contributed by atoms with Gasteiger partial charge in [-0.3, -0.25) is 4.79 Å². The number of carbonyl (C=O) groups excluding carboxylic acids is 1. The van der Waals surface area contributed by atoms with Crippen molar-refractivity contribution in [2.75, 3.05) is 6.54 Å². The van der Waals surface area contributed by atoms with Gasteiger partial charge in [0.05, 0.1) is 0 Å². The van der Waals surface area contributed by atoms with Crippen LogP contribution in [0.3, 0.4) is 0 Å². The van der Waals surface area contributed by atoms with Gasteiger partial charge in [0.25, 0.3) is 0 Å². The maximum atomic E-state index is 13.6. The molecule has 1 fully saturated rings. The van der Waals surface area contributed by atoms with Crippen molar-refractivity contribution in [2.24, 2.45) is 11.1 Å². The first kappa shape index (κ1) is 15.9. The molecule has 0 radical (unpaired) electrons. The molecule has 114 valence electrons. The van der Waals surface area contributed by atoms with Crippen LogP contribution in [-0.2, 0) is 11.3 Å². The fourth-order valence-corrected chi connectivity index (χ4v) is 2.68. The van der Waals surface area contributed by atoms with E-state index in [1.807, 2.05) is 0 Å². The van der Waals surface area contributed by atoms with E-state index in [2.05, 4.69) is 13.8 Å². The molecule has 3 nitrogen and oxygen atoms in total. The van der Waals surface area contributed by atoms with Crippen LogP contribution in [0.25, 0.3) is 0 Å². The van der Waals surface area contributed by atoms with Gasteiger partial charge in [-0.15, -0.1) is 0 Å². The molecule has 1 aromatic carbocycles. The van der Waals surface area contributed by atoms with Gasteiger partial charge < -0.3 is 10.6 Å². The molecule has 0 aromatic heterocycles. The second-order valence-corrected chi connectivity index (χ2v) is 6.88. The normalized spacial score (nSPS) is 18.4. The van der Waals surface area contributed by atoms with Crippen LogP contribution in [0.5, 0.6) is 0 Å². The van der Waals surface area contributed by atoms with Crippen molar-refractivity contribution in [2.45, 2.75) is 39.7 Å². The lowest BCUT2D eigenvalue weighted by Crippen LogP contribution is -2.30. The molecular formula is C16H21FN2OS. The third-order valence-electron chi connectivity index (χ3n) is 4.04. The van der Waals surface area contributed by atoms with Crippen LogP contribution < -0.4 is 5.73 Å². The lowest BCUT2D eigenvalue weighted by molar-refractivity contribution is -0.131. The van der Waals surface area contributed by atoms with E-state index in [9.17, 15) is 9.18 Å². The van der Waals surface area contributed by atoms with Crippen molar-refractivity contribution in [3.05, 3.63) is 35.1 Å². The summed E-state index contributed by atoms with van der Waals surface area (Å²) in [4.78, 5) is 14.2. The van der Waals surface area contributed by atoms with E-state index in [1.54, 1.807) is 11.0 Å². The Kier molecular flexibility index (Phi) is 4.61. The second-order valence-electron chi connectivity index (χ2n) is 6.44. The smallest absolute Gasteiger partial charge is 0.222 e. The van der Waals surface area contributed by atoms with Gasteiger partial charge in [0.15, 0.2) is 0 Å². The summed E-state index contributed by atoms with van der Waals surface area (Å²) in [5, 5.41) is 0. The van der Waals surface area contributed by atoms with Gasteiger partial charge in [-0.1, -0.05) is 26.1 Å². The summed E-state index contributed by atoms with van der Waals surface area (Å²) in [5.41, 5.74) is 6.96. The van der Waals surface area contributed by atoms with Gasteiger partial charge in [-0.05, 0) is 42.0 Å². The average molecular weight is 308 g/mol. The molecular weight excluding hydrogens is 287 g/mol. The van der Waals surface area contributed by atoms with Gasteiger partial charge >= 0.3 is 0 Å². The predicted molar refractivity (Wildman–Crippen MR) is 85.3 cm³/mol. The number of amides is 1. The Hall–Kier alpha value is -1.49. The Balaban J connectivity index is 2.17. The minimum Gasteiger partial charge on any atom is -0.389 e.